The van der Waals surface area contributed by atoms with Gasteiger partial charge in [0.05, 0.1) is 6.54 Å². The molecule has 146 valence electrons. The second-order valence-corrected chi connectivity index (χ2v) is 6.02. The molecule has 0 aliphatic carbocycles. The number of nitrogens with zero attached hydrogens (tertiary/aromatic N) is 1. The van der Waals surface area contributed by atoms with Crippen LogP contribution < -0.4 is 16.4 Å². The number of imide groups is 1. The van der Waals surface area contributed by atoms with Crippen LogP contribution in [0.3, 0.4) is 0 Å². The third kappa shape index (κ3) is 9.19. The zero-order valence-electron chi connectivity index (χ0n) is 15.3. The normalized spacial score (nSPS) is 10.1. The van der Waals surface area contributed by atoms with Gasteiger partial charge >= 0.3 is 6.03 Å². The van der Waals surface area contributed by atoms with Gasteiger partial charge in [0.15, 0.2) is 0 Å². The number of nitrogens with two attached hydrogens (primary N) is 1. The molecule has 0 atom stereocenters. The topological polar surface area (TPSA) is 87.5 Å². The molecule has 0 radical (unpaired) electrons. The molecule has 7 heteroatoms. The number of carbonyl (C=O) groups is 2. The predicted octanol–water partition coefficient (Wildman–Crippen LogP) is 1.94. The molecule has 4 N–H and O–H groups in total. The predicted molar refractivity (Wildman–Crippen MR) is 110 cm³/mol. The van der Waals surface area contributed by atoms with Gasteiger partial charge in [-0.3, -0.25) is 15.0 Å². The summed E-state index contributed by atoms with van der Waals surface area (Å²) in [6.07, 6.45) is 0.828. The number of benzene rings is 2. The zero-order chi connectivity index (χ0) is 18.6. The summed E-state index contributed by atoms with van der Waals surface area (Å²) in [5, 5.41) is 5.04. The van der Waals surface area contributed by atoms with Crippen molar-refractivity contribution in [3.05, 3.63) is 71.8 Å². The summed E-state index contributed by atoms with van der Waals surface area (Å²) in [5.41, 5.74) is 7.81. The van der Waals surface area contributed by atoms with Gasteiger partial charge in [-0.1, -0.05) is 60.7 Å². The van der Waals surface area contributed by atoms with E-state index in [1.807, 2.05) is 53.4 Å². The molecule has 0 aromatic heterocycles. The van der Waals surface area contributed by atoms with Crippen LogP contribution in [0.2, 0.25) is 0 Å². The van der Waals surface area contributed by atoms with E-state index in [1.165, 1.54) is 5.56 Å². The summed E-state index contributed by atoms with van der Waals surface area (Å²) in [7, 11) is 0. The summed E-state index contributed by atoms with van der Waals surface area (Å²) < 4.78 is 0. The van der Waals surface area contributed by atoms with Crippen molar-refractivity contribution in [2.75, 3.05) is 26.2 Å². The van der Waals surface area contributed by atoms with Crippen LogP contribution in [0.15, 0.2) is 60.7 Å². The molecule has 0 saturated heterocycles. The highest BCUT2D eigenvalue weighted by Gasteiger charge is 2.13. The Hall–Kier alpha value is -2.41. The lowest BCUT2D eigenvalue weighted by Crippen LogP contribution is -2.45. The Bertz CT molecular complexity index is 683. The third-order valence-electron chi connectivity index (χ3n) is 3.92. The number of hydrogen-bond acceptors (Lipinski definition) is 4. The van der Waals surface area contributed by atoms with Gasteiger partial charge in [-0.25, -0.2) is 4.79 Å². The summed E-state index contributed by atoms with van der Waals surface area (Å²) in [6.45, 7) is 2.29. The van der Waals surface area contributed by atoms with Gasteiger partial charge in [0.2, 0.25) is 5.91 Å². The van der Waals surface area contributed by atoms with Gasteiger partial charge in [-0.2, -0.15) is 0 Å². The van der Waals surface area contributed by atoms with Crippen molar-refractivity contribution in [2.45, 2.75) is 13.0 Å². The Morgan fingerprint density at radius 1 is 0.889 bits per heavy atom. The second kappa shape index (κ2) is 12.9. The number of rotatable bonds is 9. The Labute approximate surface area is 166 Å². The molecule has 2 aromatic carbocycles. The molecular weight excluding hydrogens is 364 g/mol. The van der Waals surface area contributed by atoms with E-state index in [-0.39, 0.29) is 24.9 Å². The van der Waals surface area contributed by atoms with Gasteiger partial charge in [0.25, 0.3) is 0 Å². The van der Waals surface area contributed by atoms with Gasteiger partial charge in [-0.05, 0) is 17.5 Å². The van der Waals surface area contributed by atoms with Crippen LogP contribution in [0.5, 0.6) is 0 Å². The molecule has 0 bridgehead atoms. The van der Waals surface area contributed by atoms with E-state index < -0.39 is 6.03 Å². The number of nitrogens with one attached hydrogen (secondary N) is 2. The van der Waals surface area contributed by atoms with Crippen LogP contribution in [0.4, 0.5) is 4.79 Å². The largest absolute Gasteiger partial charge is 0.334 e. The first-order valence-electron chi connectivity index (χ1n) is 8.75. The highest BCUT2D eigenvalue weighted by atomic mass is 35.5. The first-order chi connectivity index (χ1) is 12.7. The van der Waals surface area contributed by atoms with E-state index >= 15 is 0 Å². The highest BCUT2D eigenvalue weighted by molar-refractivity contribution is 5.95. The number of hydrogen-bond donors (Lipinski definition) is 3. The molecule has 6 nitrogen and oxygen atoms in total. The molecule has 0 aliphatic rings. The maximum absolute atomic E-state index is 12.1. The molecule has 0 fully saturated rings. The lowest BCUT2D eigenvalue weighted by molar-refractivity contribution is -0.121. The molecule has 2 rings (SSSR count). The van der Waals surface area contributed by atoms with Crippen molar-refractivity contribution in [1.29, 1.82) is 0 Å². The maximum atomic E-state index is 12.1. The number of carbonyl (C=O) groups excluding carboxylic acids is 2. The summed E-state index contributed by atoms with van der Waals surface area (Å²) in [4.78, 5) is 25.9. The molecule has 27 heavy (non-hydrogen) atoms. The summed E-state index contributed by atoms with van der Waals surface area (Å²) in [6, 6.07) is 19.1. The fourth-order valence-electron chi connectivity index (χ4n) is 2.58. The van der Waals surface area contributed by atoms with Crippen molar-refractivity contribution >= 4 is 24.3 Å². The number of urea groups is 1. The molecular formula is C20H27ClN4O2. The van der Waals surface area contributed by atoms with Crippen molar-refractivity contribution in [3.8, 4) is 0 Å². The molecule has 2 aromatic rings. The van der Waals surface area contributed by atoms with Crippen LogP contribution in [0.25, 0.3) is 0 Å². The van der Waals surface area contributed by atoms with Crippen LogP contribution in [-0.2, 0) is 17.8 Å². The lowest BCUT2D eigenvalue weighted by atomic mass is 10.1. The minimum atomic E-state index is -0.491. The first-order valence-corrected chi connectivity index (χ1v) is 8.75. The van der Waals surface area contributed by atoms with Gasteiger partial charge in [0, 0.05) is 26.2 Å². The van der Waals surface area contributed by atoms with Crippen LogP contribution in [0.1, 0.15) is 11.1 Å². The fourth-order valence-corrected chi connectivity index (χ4v) is 2.58. The number of halogens is 1. The molecule has 0 heterocycles. The third-order valence-corrected chi connectivity index (χ3v) is 3.92. The van der Waals surface area contributed by atoms with Gasteiger partial charge < -0.3 is 11.1 Å². The highest BCUT2D eigenvalue weighted by Crippen LogP contribution is 2.01. The monoisotopic (exact) mass is 390 g/mol. The second-order valence-electron chi connectivity index (χ2n) is 6.02. The van der Waals surface area contributed by atoms with E-state index in [9.17, 15) is 9.59 Å². The maximum Gasteiger partial charge on any atom is 0.321 e. The smallest absolute Gasteiger partial charge is 0.321 e. The number of amides is 3. The SMILES string of the molecule is Cl.NCCN(CCc1ccccc1)CC(=O)NC(=O)NCc1ccccc1. The molecule has 0 spiro atoms. The van der Waals surface area contributed by atoms with Gasteiger partial charge in [-0.15, -0.1) is 12.4 Å². The average molecular weight is 391 g/mol. The first kappa shape index (κ1) is 22.6. The minimum Gasteiger partial charge on any atom is -0.334 e. The van der Waals surface area contributed by atoms with E-state index in [1.54, 1.807) is 0 Å². The van der Waals surface area contributed by atoms with Crippen LogP contribution in [0, 0.1) is 0 Å². The van der Waals surface area contributed by atoms with Crippen LogP contribution in [-0.4, -0.2) is 43.0 Å². The average Bonchev–Trinajstić information content (AvgIpc) is 2.66. The van der Waals surface area contributed by atoms with Gasteiger partial charge in [0.1, 0.15) is 0 Å². The van der Waals surface area contributed by atoms with Crippen molar-refractivity contribution in [2.24, 2.45) is 5.73 Å². The Morgan fingerprint density at radius 2 is 1.48 bits per heavy atom. The quantitative estimate of drug-likeness (QED) is 0.610. The minimum absolute atomic E-state index is 0. The van der Waals surface area contributed by atoms with E-state index in [0.717, 1.165) is 12.0 Å². The summed E-state index contributed by atoms with van der Waals surface area (Å²) in [5.74, 6) is -0.336. The summed E-state index contributed by atoms with van der Waals surface area (Å²) >= 11 is 0. The van der Waals surface area contributed by atoms with Crippen molar-refractivity contribution < 1.29 is 9.59 Å². The molecule has 3 amide bonds. The Kier molecular flexibility index (Phi) is 10.8. The molecule has 0 unspecified atom stereocenters. The zero-order valence-corrected chi connectivity index (χ0v) is 16.1. The fraction of sp³-hybridized carbons (Fsp3) is 0.300. The van der Waals surface area contributed by atoms with Crippen LogP contribution >= 0.6 is 12.4 Å². The van der Waals surface area contributed by atoms with E-state index in [0.29, 0.717) is 26.2 Å². The van der Waals surface area contributed by atoms with Crippen molar-refractivity contribution in [3.63, 3.8) is 0 Å². The Morgan fingerprint density at radius 3 is 2.07 bits per heavy atom. The standard InChI is InChI=1S/C20H26N4O2.ClH/c21-12-14-24(13-11-17-7-3-1-4-8-17)16-19(25)23-20(26)22-15-18-9-5-2-6-10-18;/h1-10H,11-16,21H2,(H2,22,23,25,26);1H. The van der Waals surface area contributed by atoms with E-state index in [4.69, 9.17) is 5.73 Å². The van der Waals surface area contributed by atoms with E-state index in [2.05, 4.69) is 22.8 Å². The molecule has 0 saturated carbocycles. The lowest BCUT2D eigenvalue weighted by Gasteiger charge is -2.20. The Balaban J connectivity index is 0.00000364. The molecule has 0 aliphatic heterocycles. The van der Waals surface area contributed by atoms with Crippen molar-refractivity contribution in [1.82, 2.24) is 15.5 Å².